The maximum atomic E-state index is 4.96. The van der Waals surface area contributed by atoms with Crippen molar-refractivity contribution in [1.82, 2.24) is 26.5 Å². The molecule has 0 fully saturated rings. The van der Waals surface area contributed by atoms with Crippen LogP contribution < -0.4 is 0 Å². The molecule has 1 radical (unpaired) electrons. The van der Waals surface area contributed by atoms with Gasteiger partial charge in [-0.05, 0) is 0 Å². The summed E-state index contributed by atoms with van der Waals surface area (Å²) in [7, 11) is 0. The normalized spacial score (nSPS) is 11.2. The Bertz CT molecular complexity index is 1520. The van der Waals surface area contributed by atoms with Gasteiger partial charge >= 0.3 is 187 Å². The second kappa shape index (κ2) is 7.53. The number of pyridine rings is 2. The zero-order chi connectivity index (χ0) is 20.6. The molecule has 145 valence electrons. The fourth-order valence-electron chi connectivity index (χ4n) is 3.77. The molecule has 6 rings (SSSR count). The van der Waals surface area contributed by atoms with E-state index < -0.39 is 17.9 Å². The molecule has 7 heteroatoms. The summed E-state index contributed by atoms with van der Waals surface area (Å²) in [6.07, 6.45) is 7.61. The molecule has 4 heterocycles. The Labute approximate surface area is 186 Å². The number of hydrogen-bond acceptors (Lipinski definition) is 4. The molecule has 0 bridgehead atoms. The standard InChI is InChI=1S/C16H10N3.C8H6N3.Ga/c1-2-6-12-10-17-15(9-11(12)5-1)16-18-13-7-3-4-8-14(13)19-16;1-2-4-9-7(3-1)8-10-5-6-11-8;/h1-10H;1-6H;/q2*-1;+2. The van der Waals surface area contributed by atoms with E-state index in [1.807, 2.05) is 48.9 Å². The Kier molecular flexibility index (Phi) is 4.40. The number of nitrogens with zero attached hydrogens (tertiary/aromatic N) is 6. The first-order valence-electron chi connectivity index (χ1n) is 9.98. The van der Waals surface area contributed by atoms with Crippen molar-refractivity contribution < 1.29 is 0 Å². The van der Waals surface area contributed by atoms with Gasteiger partial charge < -0.3 is 0 Å². The summed E-state index contributed by atoms with van der Waals surface area (Å²) in [6, 6.07) is 24.6. The minimum absolute atomic E-state index is 0.875. The van der Waals surface area contributed by atoms with Crippen molar-refractivity contribution >= 4 is 39.7 Å². The van der Waals surface area contributed by atoms with Gasteiger partial charge in [-0.15, -0.1) is 0 Å². The molecule has 0 atom stereocenters. The van der Waals surface area contributed by atoms with Crippen LogP contribution in [-0.4, -0.2) is 44.4 Å². The van der Waals surface area contributed by atoms with Gasteiger partial charge in [0.05, 0.1) is 0 Å². The number of rotatable bonds is 4. The topological polar surface area (TPSA) is 61.4 Å². The first-order chi connectivity index (χ1) is 15.4. The van der Waals surface area contributed by atoms with Crippen molar-refractivity contribution in [3.05, 3.63) is 97.6 Å². The monoisotopic (exact) mass is 457 g/mol. The minimum atomic E-state index is -1.24. The van der Waals surface area contributed by atoms with Crippen molar-refractivity contribution in [2.75, 3.05) is 0 Å². The molecule has 0 aliphatic rings. The summed E-state index contributed by atoms with van der Waals surface area (Å²) in [4.78, 5) is 18.8. The van der Waals surface area contributed by atoms with Crippen LogP contribution in [0.4, 0.5) is 0 Å². The molecule has 0 unspecified atom stereocenters. The van der Waals surface area contributed by atoms with Crippen LogP contribution in [0.2, 0.25) is 0 Å². The SMILES string of the molecule is c1ccc(-c2ncc[n]2[Ga][n]2c(-c3cc4ccccc4cn3)nc3ccccc32)nc1. The van der Waals surface area contributed by atoms with Crippen LogP contribution >= 0.6 is 0 Å². The molecular weight excluding hydrogens is 442 g/mol. The van der Waals surface area contributed by atoms with Gasteiger partial charge in [0.15, 0.2) is 0 Å². The zero-order valence-electron chi connectivity index (χ0n) is 16.5. The first-order valence-corrected chi connectivity index (χ1v) is 12.1. The van der Waals surface area contributed by atoms with Crippen molar-refractivity contribution in [3.8, 4) is 23.0 Å². The van der Waals surface area contributed by atoms with E-state index >= 15 is 0 Å². The number of hydrogen-bond donors (Lipinski definition) is 0. The molecule has 0 amide bonds. The Morgan fingerprint density at radius 1 is 0.677 bits per heavy atom. The maximum absolute atomic E-state index is 4.96. The van der Waals surface area contributed by atoms with Crippen LogP contribution in [0.25, 0.3) is 44.8 Å². The van der Waals surface area contributed by atoms with Gasteiger partial charge in [0.25, 0.3) is 0 Å². The van der Waals surface area contributed by atoms with Gasteiger partial charge in [-0.2, -0.15) is 0 Å². The summed E-state index contributed by atoms with van der Waals surface area (Å²) < 4.78 is 4.58. The van der Waals surface area contributed by atoms with Crippen molar-refractivity contribution in [1.29, 1.82) is 0 Å². The molecular formula is C24H16GaN6. The van der Waals surface area contributed by atoms with Crippen LogP contribution in [0.15, 0.2) is 97.6 Å². The summed E-state index contributed by atoms with van der Waals surface area (Å²) >= 11 is -1.24. The summed E-state index contributed by atoms with van der Waals surface area (Å²) in [5.41, 5.74) is 3.85. The predicted octanol–water partition coefficient (Wildman–Crippen LogP) is 4.44. The fourth-order valence-corrected chi connectivity index (χ4v) is 6.61. The van der Waals surface area contributed by atoms with Crippen LogP contribution in [0.3, 0.4) is 0 Å². The molecule has 4 aromatic heterocycles. The van der Waals surface area contributed by atoms with E-state index in [0.717, 1.165) is 44.8 Å². The van der Waals surface area contributed by atoms with Crippen LogP contribution in [0.1, 0.15) is 0 Å². The molecule has 0 aliphatic heterocycles. The van der Waals surface area contributed by atoms with E-state index in [1.54, 1.807) is 6.20 Å². The summed E-state index contributed by atoms with van der Waals surface area (Å²) in [5, 5.41) is 2.28. The number of benzene rings is 2. The van der Waals surface area contributed by atoms with E-state index in [1.165, 1.54) is 0 Å². The Balaban J connectivity index is 1.51. The summed E-state index contributed by atoms with van der Waals surface area (Å²) in [6.45, 7) is 0. The average Bonchev–Trinajstić information content (AvgIpc) is 3.45. The van der Waals surface area contributed by atoms with Gasteiger partial charge in [-0.25, -0.2) is 0 Å². The Hall–Kier alpha value is -3.68. The third-order valence-electron chi connectivity index (χ3n) is 5.26. The van der Waals surface area contributed by atoms with Gasteiger partial charge in [-0.1, -0.05) is 0 Å². The molecule has 31 heavy (non-hydrogen) atoms. The van der Waals surface area contributed by atoms with Crippen LogP contribution in [0.5, 0.6) is 0 Å². The third-order valence-corrected chi connectivity index (χ3v) is 8.24. The van der Waals surface area contributed by atoms with E-state index in [2.05, 4.69) is 59.0 Å². The molecule has 0 N–H and O–H groups in total. The number of fused-ring (bicyclic) bond motifs is 2. The molecule has 6 nitrogen and oxygen atoms in total. The van der Waals surface area contributed by atoms with Crippen LogP contribution in [0, 0.1) is 0 Å². The molecule has 2 aromatic carbocycles. The Morgan fingerprint density at radius 3 is 2.42 bits per heavy atom. The van der Waals surface area contributed by atoms with Crippen LogP contribution in [-0.2, 0) is 0 Å². The Morgan fingerprint density at radius 2 is 1.52 bits per heavy atom. The zero-order valence-corrected chi connectivity index (χ0v) is 18.9. The van der Waals surface area contributed by atoms with Gasteiger partial charge in [0.2, 0.25) is 0 Å². The van der Waals surface area contributed by atoms with E-state index in [4.69, 9.17) is 9.97 Å². The third kappa shape index (κ3) is 3.24. The number of imidazole rings is 2. The van der Waals surface area contributed by atoms with E-state index in [-0.39, 0.29) is 0 Å². The van der Waals surface area contributed by atoms with E-state index in [9.17, 15) is 0 Å². The molecule has 0 saturated heterocycles. The predicted molar refractivity (Wildman–Crippen MR) is 122 cm³/mol. The quantitative estimate of drug-likeness (QED) is 0.367. The van der Waals surface area contributed by atoms with Crippen molar-refractivity contribution in [2.45, 2.75) is 0 Å². The molecule has 0 saturated carbocycles. The molecule has 0 aliphatic carbocycles. The summed E-state index contributed by atoms with van der Waals surface area (Å²) in [5.74, 6) is 1.78. The number of aromatic nitrogens is 6. The first kappa shape index (κ1) is 18.1. The van der Waals surface area contributed by atoms with Gasteiger partial charge in [-0.3, -0.25) is 0 Å². The number of para-hydroxylation sites is 2. The van der Waals surface area contributed by atoms with E-state index in [0.29, 0.717) is 0 Å². The van der Waals surface area contributed by atoms with Crippen molar-refractivity contribution in [3.63, 3.8) is 0 Å². The molecule has 6 aromatic rings. The van der Waals surface area contributed by atoms with Gasteiger partial charge in [0.1, 0.15) is 0 Å². The second-order valence-electron chi connectivity index (χ2n) is 7.20. The molecule has 0 spiro atoms. The second-order valence-corrected chi connectivity index (χ2v) is 9.93. The fraction of sp³-hybridized carbons (Fsp3) is 0. The van der Waals surface area contributed by atoms with Gasteiger partial charge in [0, 0.05) is 0 Å². The average molecular weight is 458 g/mol. The van der Waals surface area contributed by atoms with Crippen molar-refractivity contribution in [2.24, 2.45) is 0 Å².